The predicted octanol–water partition coefficient (Wildman–Crippen LogP) is 5.47. The van der Waals surface area contributed by atoms with Crippen LogP contribution in [-0.2, 0) is 32.6 Å². The van der Waals surface area contributed by atoms with Crippen LogP contribution in [-0.4, -0.2) is 50.0 Å². The highest BCUT2D eigenvalue weighted by Gasteiger charge is 2.34. The first-order valence-electron chi connectivity index (χ1n) is 14.8. The maximum atomic E-state index is 14.3. The molecule has 0 spiro atoms. The topological polar surface area (TPSA) is 86.8 Å². The van der Waals surface area contributed by atoms with Gasteiger partial charge in [0, 0.05) is 19.0 Å². The highest BCUT2D eigenvalue weighted by molar-refractivity contribution is 7.92. The molecule has 0 aromatic heterocycles. The Kier molecular flexibility index (Phi) is 10.4. The number of hydrogen-bond acceptors (Lipinski definition) is 4. The molecule has 3 aromatic rings. The Labute approximate surface area is 251 Å². The minimum atomic E-state index is -3.80. The number of benzene rings is 3. The van der Waals surface area contributed by atoms with Crippen molar-refractivity contribution in [2.45, 2.75) is 77.9 Å². The van der Waals surface area contributed by atoms with Crippen LogP contribution in [0.4, 0.5) is 5.69 Å². The summed E-state index contributed by atoms with van der Waals surface area (Å²) in [7, 11) is -3.80. The van der Waals surface area contributed by atoms with E-state index >= 15 is 0 Å². The number of nitrogens with zero attached hydrogens (tertiary/aromatic N) is 2. The number of amides is 2. The molecule has 1 fully saturated rings. The van der Waals surface area contributed by atoms with Crippen molar-refractivity contribution in [3.63, 3.8) is 0 Å². The Balaban J connectivity index is 1.74. The van der Waals surface area contributed by atoms with Crippen LogP contribution in [0.5, 0.6) is 0 Å². The first kappa shape index (κ1) is 31.3. The zero-order chi connectivity index (χ0) is 30.3. The van der Waals surface area contributed by atoms with Crippen LogP contribution in [0.3, 0.4) is 0 Å². The number of sulfonamides is 1. The van der Waals surface area contributed by atoms with E-state index in [0.29, 0.717) is 12.1 Å². The molecule has 0 aliphatic heterocycles. The molecule has 4 rings (SSSR count). The minimum Gasteiger partial charge on any atom is -0.352 e. The Morgan fingerprint density at radius 2 is 1.52 bits per heavy atom. The van der Waals surface area contributed by atoms with Gasteiger partial charge in [0.05, 0.1) is 11.9 Å². The van der Waals surface area contributed by atoms with Gasteiger partial charge in [0.15, 0.2) is 0 Å². The van der Waals surface area contributed by atoms with E-state index in [2.05, 4.69) is 5.32 Å². The summed E-state index contributed by atoms with van der Waals surface area (Å²) in [6.07, 6.45) is 6.58. The van der Waals surface area contributed by atoms with E-state index in [1.807, 2.05) is 87.5 Å². The molecule has 1 aliphatic carbocycles. The average Bonchev–Trinajstić information content (AvgIpc) is 2.94. The van der Waals surface area contributed by atoms with Crippen LogP contribution in [0.15, 0.2) is 72.8 Å². The summed E-state index contributed by atoms with van der Waals surface area (Å²) in [6, 6.07) is 22.2. The molecular formula is C34H43N3O4S. The summed E-state index contributed by atoms with van der Waals surface area (Å²) in [5, 5.41) is 3.24. The average molecular weight is 590 g/mol. The van der Waals surface area contributed by atoms with Crippen molar-refractivity contribution in [1.29, 1.82) is 0 Å². The van der Waals surface area contributed by atoms with Crippen LogP contribution in [0.25, 0.3) is 0 Å². The fraction of sp³-hybridized carbons (Fsp3) is 0.412. The molecule has 1 atom stereocenters. The van der Waals surface area contributed by atoms with Crippen molar-refractivity contribution in [2.24, 2.45) is 0 Å². The number of carbonyl (C=O) groups is 2. The quantitative estimate of drug-likeness (QED) is 0.322. The van der Waals surface area contributed by atoms with Crippen LogP contribution >= 0.6 is 0 Å². The third-order valence-electron chi connectivity index (χ3n) is 7.96. The zero-order valence-electron chi connectivity index (χ0n) is 25.2. The van der Waals surface area contributed by atoms with E-state index in [1.54, 1.807) is 11.0 Å². The van der Waals surface area contributed by atoms with Crippen LogP contribution in [0.2, 0.25) is 0 Å². The molecule has 0 unspecified atom stereocenters. The van der Waals surface area contributed by atoms with Gasteiger partial charge in [0.25, 0.3) is 0 Å². The first-order chi connectivity index (χ1) is 20.0. The third kappa shape index (κ3) is 8.44. The molecular weight excluding hydrogens is 546 g/mol. The Hall–Kier alpha value is -3.65. The summed E-state index contributed by atoms with van der Waals surface area (Å²) in [5.41, 5.74) is 5.06. The maximum absolute atomic E-state index is 14.3. The number of nitrogens with one attached hydrogen (secondary N) is 1. The second-order valence-corrected chi connectivity index (χ2v) is 13.5. The second-order valence-electron chi connectivity index (χ2n) is 11.6. The van der Waals surface area contributed by atoms with Gasteiger partial charge < -0.3 is 10.2 Å². The Morgan fingerprint density at radius 1 is 0.857 bits per heavy atom. The molecule has 42 heavy (non-hydrogen) atoms. The molecule has 0 radical (unpaired) electrons. The van der Waals surface area contributed by atoms with Gasteiger partial charge in [0.2, 0.25) is 21.8 Å². The maximum Gasteiger partial charge on any atom is 0.244 e. The van der Waals surface area contributed by atoms with Crippen molar-refractivity contribution in [1.82, 2.24) is 10.2 Å². The molecule has 0 saturated heterocycles. The van der Waals surface area contributed by atoms with Crippen molar-refractivity contribution in [3.8, 4) is 0 Å². The Morgan fingerprint density at radius 3 is 2.17 bits per heavy atom. The SMILES string of the molecule is Cc1cccc(CN(C(=O)CN(c2ccc(C)cc2C)S(C)(=O)=O)[C@H](Cc2ccccc2)C(=O)NC2CCCCC2)c1. The standard InChI is InChI=1S/C34H43N3O4S/c1-25-12-11-15-29(21-25)23-36(33(38)24-37(42(4,40)41)31-19-18-26(2)20-27(31)3)32(22-28-13-7-5-8-14-28)34(39)35-30-16-9-6-10-17-30/h5,7-8,11-15,18-21,30,32H,6,9-10,16-17,22-24H2,1-4H3,(H,35,39)/t32-/m1/s1. The van der Waals surface area contributed by atoms with E-state index in [0.717, 1.165) is 70.5 Å². The van der Waals surface area contributed by atoms with Gasteiger partial charge in [-0.3, -0.25) is 13.9 Å². The lowest BCUT2D eigenvalue weighted by molar-refractivity contribution is -0.140. The summed E-state index contributed by atoms with van der Waals surface area (Å²) >= 11 is 0. The number of anilines is 1. The van der Waals surface area contributed by atoms with Gasteiger partial charge >= 0.3 is 0 Å². The molecule has 0 bridgehead atoms. The van der Waals surface area contributed by atoms with E-state index < -0.39 is 28.5 Å². The first-order valence-corrected chi connectivity index (χ1v) is 16.6. The van der Waals surface area contributed by atoms with Gasteiger partial charge in [-0.1, -0.05) is 97.1 Å². The summed E-state index contributed by atoms with van der Waals surface area (Å²) in [4.78, 5) is 29.9. The zero-order valence-corrected chi connectivity index (χ0v) is 26.0. The smallest absolute Gasteiger partial charge is 0.244 e. The molecule has 3 aromatic carbocycles. The van der Waals surface area contributed by atoms with Gasteiger partial charge in [-0.05, 0) is 56.4 Å². The second kappa shape index (κ2) is 14.0. The number of carbonyl (C=O) groups excluding carboxylic acids is 2. The van der Waals surface area contributed by atoms with Gasteiger partial charge in [-0.2, -0.15) is 0 Å². The van der Waals surface area contributed by atoms with E-state index in [4.69, 9.17) is 0 Å². The fourth-order valence-corrected chi connectivity index (χ4v) is 6.69. The van der Waals surface area contributed by atoms with Crippen LogP contribution in [0, 0.1) is 20.8 Å². The normalized spacial score (nSPS) is 14.7. The monoisotopic (exact) mass is 589 g/mol. The van der Waals surface area contributed by atoms with E-state index in [9.17, 15) is 18.0 Å². The molecule has 2 amide bonds. The highest BCUT2D eigenvalue weighted by Crippen LogP contribution is 2.25. The number of rotatable bonds is 11. The van der Waals surface area contributed by atoms with Crippen LogP contribution < -0.4 is 9.62 Å². The summed E-state index contributed by atoms with van der Waals surface area (Å²) in [5.74, 6) is -0.634. The number of aryl methyl sites for hydroxylation is 3. The molecule has 8 heteroatoms. The molecule has 1 aliphatic rings. The lowest BCUT2D eigenvalue weighted by Crippen LogP contribution is -2.55. The molecule has 0 heterocycles. The van der Waals surface area contributed by atoms with Gasteiger partial charge in [-0.15, -0.1) is 0 Å². The predicted molar refractivity (Wildman–Crippen MR) is 169 cm³/mol. The number of hydrogen-bond donors (Lipinski definition) is 1. The molecule has 1 N–H and O–H groups in total. The van der Waals surface area contributed by atoms with Gasteiger partial charge in [0.1, 0.15) is 12.6 Å². The lowest BCUT2D eigenvalue weighted by atomic mass is 9.94. The molecule has 224 valence electrons. The van der Waals surface area contributed by atoms with E-state index in [-0.39, 0.29) is 18.5 Å². The van der Waals surface area contributed by atoms with Gasteiger partial charge in [-0.25, -0.2) is 8.42 Å². The lowest BCUT2D eigenvalue weighted by Gasteiger charge is -2.35. The van der Waals surface area contributed by atoms with Crippen molar-refractivity contribution >= 4 is 27.5 Å². The largest absolute Gasteiger partial charge is 0.352 e. The van der Waals surface area contributed by atoms with Crippen molar-refractivity contribution < 1.29 is 18.0 Å². The minimum absolute atomic E-state index is 0.0724. The van der Waals surface area contributed by atoms with E-state index in [1.165, 1.54) is 0 Å². The summed E-state index contributed by atoms with van der Waals surface area (Å²) in [6.45, 7) is 5.54. The summed E-state index contributed by atoms with van der Waals surface area (Å²) < 4.78 is 27.3. The molecule has 7 nitrogen and oxygen atoms in total. The Bertz CT molecular complexity index is 1480. The van der Waals surface area contributed by atoms with Crippen LogP contribution in [0.1, 0.15) is 59.9 Å². The molecule has 1 saturated carbocycles. The fourth-order valence-electron chi connectivity index (χ4n) is 5.79. The third-order valence-corrected chi connectivity index (χ3v) is 9.08. The van der Waals surface area contributed by atoms with Crippen molar-refractivity contribution in [3.05, 3.63) is 101 Å². The highest BCUT2D eigenvalue weighted by atomic mass is 32.2. The van der Waals surface area contributed by atoms with Crippen molar-refractivity contribution in [2.75, 3.05) is 17.1 Å².